The second-order valence-corrected chi connectivity index (χ2v) is 4.67. The molecule has 0 bridgehead atoms. The van der Waals surface area contributed by atoms with Crippen molar-refractivity contribution in [3.8, 4) is 0 Å². The fourth-order valence-electron chi connectivity index (χ4n) is 1.56. The van der Waals surface area contributed by atoms with Crippen LogP contribution in [0.1, 0.15) is 13.3 Å². The van der Waals surface area contributed by atoms with E-state index in [9.17, 15) is 4.79 Å². The Hall–Kier alpha value is -0.680. The van der Waals surface area contributed by atoms with Gasteiger partial charge in [-0.3, -0.25) is 4.79 Å². The number of halogens is 3. The first-order chi connectivity index (χ1) is 7.91. The number of carbonyl (C=O) groups excluding carboxylic acids is 1. The molecule has 1 aromatic rings. The second-order valence-electron chi connectivity index (χ2n) is 4.26. The minimum atomic E-state index is -0.156. The van der Waals surface area contributed by atoms with Gasteiger partial charge in [0.15, 0.2) is 0 Å². The molecule has 1 rings (SSSR count). The lowest BCUT2D eigenvalue weighted by molar-refractivity contribution is -0.116. The summed E-state index contributed by atoms with van der Waals surface area (Å²) in [5, 5.41) is 3.42. The molecule has 0 aromatic heterocycles. The Balaban J connectivity index is 0. The van der Waals surface area contributed by atoms with Gasteiger partial charge in [0, 0.05) is 26.6 Å². The Bertz CT molecular complexity index is 411. The maximum Gasteiger partial charge on any atom is 0.225 e. The average molecular weight is 329 g/mol. The zero-order valence-electron chi connectivity index (χ0n) is 11.1. The molecule has 1 atom stereocenters. The zero-order valence-corrected chi connectivity index (χ0v) is 13.5. The third kappa shape index (κ3) is 6.34. The predicted octanol–water partition coefficient (Wildman–Crippen LogP) is 2.93. The quantitative estimate of drug-likeness (QED) is 0.893. The van der Waals surface area contributed by atoms with Gasteiger partial charge >= 0.3 is 0 Å². The summed E-state index contributed by atoms with van der Waals surface area (Å²) >= 11 is 6.10. The number of nitrogens with two attached hydrogens (primary N) is 1. The number of hydrogen-bond donors (Lipinski definition) is 2. The number of hydrogen-bond acceptors (Lipinski definition) is 3. The van der Waals surface area contributed by atoms with Gasteiger partial charge in [-0.15, -0.1) is 24.8 Å². The molecule has 1 aromatic carbocycles. The molecular weight excluding hydrogens is 309 g/mol. The molecule has 3 N–H and O–H groups in total. The van der Waals surface area contributed by atoms with Crippen LogP contribution in [-0.4, -0.2) is 26.0 Å². The van der Waals surface area contributed by atoms with Gasteiger partial charge in [-0.2, -0.15) is 0 Å². The lowest BCUT2D eigenvalue weighted by Crippen LogP contribution is -2.24. The maximum atomic E-state index is 11.7. The number of benzene rings is 1. The summed E-state index contributed by atoms with van der Waals surface area (Å²) in [6.45, 7) is 1.80. The number of rotatable bonds is 4. The molecule has 1 unspecified atom stereocenters. The van der Waals surface area contributed by atoms with E-state index in [1.165, 1.54) is 0 Å². The first-order valence-corrected chi connectivity index (χ1v) is 5.81. The van der Waals surface area contributed by atoms with Gasteiger partial charge in [-0.25, -0.2) is 0 Å². The van der Waals surface area contributed by atoms with E-state index in [1.54, 1.807) is 19.1 Å². The Morgan fingerprint density at radius 3 is 2.47 bits per heavy atom. The Morgan fingerprint density at radius 2 is 2.00 bits per heavy atom. The number of anilines is 2. The van der Waals surface area contributed by atoms with Crippen LogP contribution in [0.5, 0.6) is 0 Å². The Kier molecular flexibility index (Phi) is 10.1. The summed E-state index contributed by atoms with van der Waals surface area (Å²) in [7, 11) is 3.75. The smallest absolute Gasteiger partial charge is 0.225 e. The van der Waals surface area contributed by atoms with Gasteiger partial charge in [0.2, 0.25) is 5.91 Å². The molecule has 0 fully saturated rings. The van der Waals surface area contributed by atoms with Crippen molar-refractivity contribution >= 4 is 53.7 Å². The molecule has 0 heterocycles. The lowest BCUT2D eigenvalue weighted by Gasteiger charge is -2.19. The van der Waals surface area contributed by atoms with Gasteiger partial charge in [0.05, 0.1) is 16.4 Å². The first kappa shape index (κ1) is 20.6. The summed E-state index contributed by atoms with van der Waals surface area (Å²) < 4.78 is 0. The summed E-state index contributed by atoms with van der Waals surface area (Å²) in [4.78, 5) is 13.5. The van der Waals surface area contributed by atoms with Gasteiger partial charge in [0.1, 0.15) is 0 Å². The van der Waals surface area contributed by atoms with Crippen molar-refractivity contribution in [2.75, 3.05) is 24.3 Å². The van der Waals surface area contributed by atoms with E-state index in [2.05, 4.69) is 5.32 Å². The SMILES string of the molecule is CC(N)CC(=O)Nc1cccc(Cl)c1N(C)C.Cl.Cl. The highest BCUT2D eigenvalue weighted by Gasteiger charge is 2.12. The predicted molar refractivity (Wildman–Crippen MR) is 87.2 cm³/mol. The van der Waals surface area contributed by atoms with Crippen LogP contribution in [0.4, 0.5) is 11.4 Å². The van der Waals surface area contributed by atoms with Crippen LogP contribution in [0.25, 0.3) is 0 Å². The van der Waals surface area contributed by atoms with Crippen LogP contribution in [0, 0.1) is 0 Å². The summed E-state index contributed by atoms with van der Waals surface area (Å²) in [6.07, 6.45) is 0.291. The van der Waals surface area contributed by atoms with Crippen molar-refractivity contribution in [2.45, 2.75) is 19.4 Å². The van der Waals surface area contributed by atoms with Crippen molar-refractivity contribution in [1.29, 1.82) is 0 Å². The highest BCUT2D eigenvalue weighted by molar-refractivity contribution is 6.34. The maximum absolute atomic E-state index is 11.7. The lowest BCUT2D eigenvalue weighted by atomic mass is 10.2. The third-order valence-electron chi connectivity index (χ3n) is 2.22. The first-order valence-electron chi connectivity index (χ1n) is 5.43. The molecule has 0 aliphatic rings. The molecule has 1 amide bonds. The van der Waals surface area contributed by atoms with E-state index in [-0.39, 0.29) is 36.8 Å². The number of carbonyl (C=O) groups is 1. The molecule has 0 saturated heterocycles. The molecule has 7 heteroatoms. The molecule has 110 valence electrons. The number of nitrogens with one attached hydrogen (secondary N) is 1. The Morgan fingerprint density at radius 1 is 1.42 bits per heavy atom. The van der Waals surface area contributed by atoms with Crippen LogP contribution < -0.4 is 16.0 Å². The zero-order chi connectivity index (χ0) is 13.0. The van der Waals surface area contributed by atoms with Crippen molar-refractivity contribution in [2.24, 2.45) is 5.73 Å². The van der Waals surface area contributed by atoms with E-state index < -0.39 is 0 Å². The average Bonchev–Trinajstić information content (AvgIpc) is 2.15. The number of para-hydroxylation sites is 1. The largest absolute Gasteiger partial charge is 0.375 e. The minimum absolute atomic E-state index is 0. The normalized spacial score (nSPS) is 10.8. The molecule has 19 heavy (non-hydrogen) atoms. The highest BCUT2D eigenvalue weighted by Crippen LogP contribution is 2.32. The molecule has 4 nitrogen and oxygen atoms in total. The van der Waals surface area contributed by atoms with Crippen LogP contribution in [0.3, 0.4) is 0 Å². The molecule has 0 aliphatic heterocycles. The summed E-state index contributed by atoms with van der Waals surface area (Å²) in [6, 6.07) is 5.26. The fourth-order valence-corrected chi connectivity index (χ4v) is 1.91. The van der Waals surface area contributed by atoms with Crippen molar-refractivity contribution in [3.05, 3.63) is 23.2 Å². The standard InChI is InChI=1S/C12H18ClN3O.2ClH/c1-8(14)7-11(17)15-10-6-4-5-9(13)12(10)16(2)3;;/h4-6,8H,7,14H2,1-3H3,(H,15,17);2*1H. The van der Waals surface area contributed by atoms with Gasteiger partial charge < -0.3 is 16.0 Å². The van der Waals surface area contributed by atoms with E-state index in [4.69, 9.17) is 17.3 Å². The van der Waals surface area contributed by atoms with E-state index >= 15 is 0 Å². The van der Waals surface area contributed by atoms with Crippen LogP contribution in [-0.2, 0) is 4.79 Å². The van der Waals surface area contributed by atoms with Gasteiger partial charge in [-0.05, 0) is 19.1 Å². The van der Waals surface area contributed by atoms with Crippen molar-refractivity contribution in [3.63, 3.8) is 0 Å². The molecule has 0 aliphatic carbocycles. The van der Waals surface area contributed by atoms with Gasteiger partial charge in [0.25, 0.3) is 0 Å². The van der Waals surface area contributed by atoms with E-state index in [1.807, 2.05) is 25.1 Å². The second kappa shape index (κ2) is 9.26. The van der Waals surface area contributed by atoms with Crippen LogP contribution in [0.2, 0.25) is 5.02 Å². The van der Waals surface area contributed by atoms with E-state index in [0.29, 0.717) is 17.1 Å². The van der Waals surface area contributed by atoms with Crippen LogP contribution in [0.15, 0.2) is 18.2 Å². The molecular formula is C12H20Cl3N3O. The topological polar surface area (TPSA) is 58.4 Å². The fraction of sp³-hybridized carbons (Fsp3) is 0.417. The highest BCUT2D eigenvalue weighted by atomic mass is 35.5. The summed E-state index contributed by atoms with van der Waals surface area (Å²) in [5.41, 5.74) is 7.08. The minimum Gasteiger partial charge on any atom is -0.375 e. The van der Waals surface area contributed by atoms with Crippen molar-refractivity contribution < 1.29 is 4.79 Å². The monoisotopic (exact) mass is 327 g/mol. The van der Waals surface area contributed by atoms with Crippen molar-refractivity contribution in [1.82, 2.24) is 0 Å². The summed E-state index contributed by atoms with van der Waals surface area (Å²) in [5.74, 6) is -0.106. The third-order valence-corrected chi connectivity index (χ3v) is 2.52. The van der Waals surface area contributed by atoms with Gasteiger partial charge in [-0.1, -0.05) is 17.7 Å². The van der Waals surface area contributed by atoms with Crippen LogP contribution >= 0.6 is 36.4 Å². The molecule has 0 spiro atoms. The molecule has 0 radical (unpaired) electrons. The van der Waals surface area contributed by atoms with E-state index in [0.717, 1.165) is 5.69 Å². The number of nitrogens with zero attached hydrogens (tertiary/aromatic N) is 1. The number of amides is 1. The molecule has 0 saturated carbocycles. The Labute approximate surface area is 131 Å².